The Morgan fingerprint density at radius 3 is 2.48 bits per heavy atom. The third-order valence-corrected chi connectivity index (χ3v) is 7.33. The molecule has 3 heterocycles. The average molecular weight is 419 g/mol. The fraction of sp³-hybridized carbons (Fsp3) is 0.696. The molecular formula is C23H35ClN4O. The Hall–Kier alpha value is -1.30. The number of amides is 1. The molecule has 0 spiro atoms. The van der Waals surface area contributed by atoms with Crippen molar-refractivity contribution in [2.45, 2.75) is 38.6 Å². The normalized spacial score (nSPS) is 25.4. The van der Waals surface area contributed by atoms with Crippen LogP contribution in [0.2, 0.25) is 5.02 Å². The lowest BCUT2D eigenvalue weighted by atomic mass is 9.93. The van der Waals surface area contributed by atoms with Crippen LogP contribution in [0.25, 0.3) is 0 Å². The van der Waals surface area contributed by atoms with Gasteiger partial charge in [-0.1, -0.05) is 24.6 Å². The summed E-state index contributed by atoms with van der Waals surface area (Å²) in [5.41, 5.74) is 1.22. The molecule has 0 radical (unpaired) electrons. The highest BCUT2D eigenvalue weighted by Gasteiger charge is 2.33. The van der Waals surface area contributed by atoms with Crippen molar-refractivity contribution in [3.05, 3.63) is 29.3 Å². The number of rotatable bonds is 4. The van der Waals surface area contributed by atoms with Crippen LogP contribution in [0.4, 0.5) is 5.69 Å². The highest BCUT2D eigenvalue weighted by Crippen LogP contribution is 2.25. The Balaban J connectivity index is 1.28. The summed E-state index contributed by atoms with van der Waals surface area (Å²) in [6.45, 7) is 11.5. The maximum absolute atomic E-state index is 13.1. The molecule has 3 aliphatic rings. The number of halogens is 1. The van der Waals surface area contributed by atoms with E-state index in [9.17, 15) is 4.79 Å². The van der Waals surface area contributed by atoms with Gasteiger partial charge in [0.25, 0.3) is 0 Å². The Bertz CT molecular complexity index is 683. The molecule has 3 aliphatic heterocycles. The topological polar surface area (TPSA) is 30.0 Å². The predicted octanol–water partition coefficient (Wildman–Crippen LogP) is 3.18. The maximum Gasteiger partial charge on any atom is 0.225 e. The lowest BCUT2D eigenvalue weighted by molar-refractivity contribution is -0.139. The van der Waals surface area contributed by atoms with Crippen molar-refractivity contribution >= 4 is 23.2 Å². The molecule has 0 aromatic heterocycles. The average Bonchev–Trinajstić information content (AvgIpc) is 2.79. The van der Waals surface area contributed by atoms with Crippen molar-refractivity contribution in [2.75, 3.05) is 63.8 Å². The molecule has 1 aromatic rings. The summed E-state index contributed by atoms with van der Waals surface area (Å²) in [5, 5.41) is 0.802. The fourth-order valence-corrected chi connectivity index (χ4v) is 5.41. The molecule has 4 rings (SSSR count). The third kappa shape index (κ3) is 5.07. The van der Waals surface area contributed by atoms with Gasteiger partial charge in [-0.25, -0.2) is 0 Å². The van der Waals surface area contributed by atoms with Gasteiger partial charge in [-0.2, -0.15) is 0 Å². The van der Waals surface area contributed by atoms with Crippen LogP contribution in [0.15, 0.2) is 24.3 Å². The molecule has 0 N–H and O–H groups in total. The first-order valence-electron chi connectivity index (χ1n) is 11.4. The van der Waals surface area contributed by atoms with Crippen LogP contribution < -0.4 is 4.90 Å². The second kappa shape index (κ2) is 9.67. The first-order chi connectivity index (χ1) is 14.1. The summed E-state index contributed by atoms with van der Waals surface area (Å²) in [6, 6.07) is 8.68. The lowest BCUT2D eigenvalue weighted by Gasteiger charge is -2.44. The van der Waals surface area contributed by atoms with Crippen LogP contribution in [0.3, 0.4) is 0 Å². The van der Waals surface area contributed by atoms with E-state index in [2.05, 4.69) is 38.7 Å². The molecule has 1 atom stereocenters. The zero-order valence-corrected chi connectivity index (χ0v) is 18.5. The predicted molar refractivity (Wildman–Crippen MR) is 120 cm³/mol. The smallest absolute Gasteiger partial charge is 0.225 e. The first-order valence-corrected chi connectivity index (χ1v) is 11.8. The Labute approximate surface area is 180 Å². The molecule has 1 amide bonds. The molecule has 0 bridgehead atoms. The zero-order valence-electron chi connectivity index (χ0n) is 17.7. The van der Waals surface area contributed by atoms with Crippen molar-refractivity contribution in [2.24, 2.45) is 5.92 Å². The Morgan fingerprint density at radius 1 is 1.03 bits per heavy atom. The van der Waals surface area contributed by atoms with E-state index < -0.39 is 0 Å². The minimum Gasteiger partial charge on any atom is -0.369 e. The molecular weight excluding hydrogens is 384 g/mol. The van der Waals surface area contributed by atoms with Crippen molar-refractivity contribution in [3.8, 4) is 0 Å². The largest absolute Gasteiger partial charge is 0.369 e. The van der Waals surface area contributed by atoms with Crippen LogP contribution in [-0.2, 0) is 4.79 Å². The molecule has 5 nitrogen and oxygen atoms in total. The summed E-state index contributed by atoms with van der Waals surface area (Å²) in [4.78, 5) is 22.8. The number of likely N-dealkylation sites (tertiary alicyclic amines) is 2. The van der Waals surface area contributed by atoms with E-state index in [4.69, 9.17) is 11.6 Å². The SMILES string of the molecule is CCN1CCC(C(=O)N2CCC[C@@H](N3CCN(c4cccc(Cl)c4)CC3)C2)CC1. The van der Waals surface area contributed by atoms with Crippen molar-refractivity contribution in [1.82, 2.24) is 14.7 Å². The molecule has 29 heavy (non-hydrogen) atoms. The van der Waals surface area contributed by atoms with E-state index in [1.807, 2.05) is 12.1 Å². The highest BCUT2D eigenvalue weighted by atomic mass is 35.5. The second-order valence-corrected chi connectivity index (χ2v) is 9.23. The first kappa shape index (κ1) is 21.0. The van der Waals surface area contributed by atoms with Crippen LogP contribution in [-0.4, -0.2) is 85.6 Å². The molecule has 160 valence electrons. The number of carbonyl (C=O) groups is 1. The van der Waals surface area contributed by atoms with Gasteiger partial charge in [0.05, 0.1) is 0 Å². The number of benzene rings is 1. The number of hydrogen-bond donors (Lipinski definition) is 0. The summed E-state index contributed by atoms with van der Waals surface area (Å²) in [7, 11) is 0. The van der Waals surface area contributed by atoms with Gasteiger partial charge < -0.3 is 14.7 Å². The van der Waals surface area contributed by atoms with Gasteiger partial charge in [-0.3, -0.25) is 9.69 Å². The van der Waals surface area contributed by atoms with Gasteiger partial charge in [0, 0.05) is 61.9 Å². The number of carbonyl (C=O) groups excluding carboxylic acids is 1. The van der Waals surface area contributed by atoms with Crippen LogP contribution in [0.5, 0.6) is 0 Å². The van der Waals surface area contributed by atoms with Gasteiger partial charge >= 0.3 is 0 Å². The summed E-state index contributed by atoms with van der Waals surface area (Å²) < 4.78 is 0. The fourth-order valence-electron chi connectivity index (χ4n) is 5.23. The van der Waals surface area contributed by atoms with Gasteiger partial charge in [-0.15, -0.1) is 0 Å². The number of nitrogens with zero attached hydrogens (tertiary/aromatic N) is 4. The van der Waals surface area contributed by atoms with Crippen molar-refractivity contribution in [3.63, 3.8) is 0 Å². The molecule has 6 heteroatoms. The van der Waals surface area contributed by atoms with Gasteiger partial charge in [0.1, 0.15) is 0 Å². The zero-order chi connectivity index (χ0) is 20.2. The summed E-state index contributed by atoms with van der Waals surface area (Å²) in [5.74, 6) is 0.666. The highest BCUT2D eigenvalue weighted by molar-refractivity contribution is 6.30. The summed E-state index contributed by atoms with van der Waals surface area (Å²) in [6.07, 6.45) is 4.42. The number of hydrogen-bond acceptors (Lipinski definition) is 4. The number of piperazine rings is 1. The minimum atomic E-state index is 0.247. The van der Waals surface area contributed by atoms with E-state index in [1.54, 1.807) is 0 Å². The molecule has 0 aliphatic carbocycles. The number of piperidine rings is 2. The van der Waals surface area contributed by atoms with Crippen LogP contribution >= 0.6 is 11.6 Å². The lowest BCUT2D eigenvalue weighted by Crippen LogP contribution is -2.56. The molecule has 3 fully saturated rings. The van der Waals surface area contributed by atoms with E-state index in [-0.39, 0.29) is 5.92 Å². The minimum absolute atomic E-state index is 0.247. The maximum atomic E-state index is 13.1. The molecule has 0 saturated carbocycles. The van der Waals surface area contributed by atoms with E-state index in [1.165, 1.54) is 12.1 Å². The molecule has 3 saturated heterocycles. The molecule has 1 aromatic carbocycles. The monoisotopic (exact) mass is 418 g/mol. The molecule has 0 unspecified atom stereocenters. The second-order valence-electron chi connectivity index (χ2n) is 8.79. The van der Waals surface area contributed by atoms with E-state index in [0.717, 1.165) is 83.2 Å². The Kier molecular flexibility index (Phi) is 6.99. The van der Waals surface area contributed by atoms with Crippen LogP contribution in [0.1, 0.15) is 32.6 Å². The van der Waals surface area contributed by atoms with Crippen molar-refractivity contribution < 1.29 is 4.79 Å². The quantitative estimate of drug-likeness (QED) is 0.751. The van der Waals surface area contributed by atoms with Gasteiger partial charge in [0.2, 0.25) is 5.91 Å². The van der Waals surface area contributed by atoms with Gasteiger partial charge in [0.15, 0.2) is 0 Å². The van der Waals surface area contributed by atoms with E-state index >= 15 is 0 Å². The Morgan fingerprint density at radius 2 is 1.79 bits per heavy atom. The van der Waals surface area contributed by atoms with E-state index in [0.29, 0.717) is 11.9 Å². The third-order valence-electron chi connectivity index (χ3n) is 7.10. The summed E-state index contributed by atoms with van der Waals surface area (Å²) >= 11 is 6.16. The number of anilines is 1. The standard InChI is InChI=1S/C23H35ClN4O/c1-2-25-11-8-19(9-12-25)23(29)28-10-4-7-22(18-28)27-15-13-26(14-16-27)21-6-3-5-20(24)17-21/h3,5-6,17,19,22H,2,4,7-16,18H2,1H3/t22-/m1/s1. The van der Waals surface area contributed by atoms with Crippen molar-refractivity contribution in [1.29, 1.82) is 0 Å². The van der Waals surface area contributed by atoms with Crippen LogP contribution in [0, 0.1) is 5.92 Å². The van der Waals surface area contributed by atoms with Gasteiger partial charge in [-0.05, 0) is 63.5 Å².